The Morgan fingerprint density at radius 1 is 1.24 bits per heavy atom. The number of pyridine rings is 1. The minimum Gasteiger partial charge on any atom is -0.496 e. The quantitative estimate of drug-likeness (QED) is 0.919. The molecule has 0 aliphatic rings. The lowest BCUT2D eigenvalue weighted by molar-refractivity contribution is 0.263. The number of methoxy groups -OCH3 is 1. The van der Waals surface area contributed by atoms with Gasteiger partial charge in [0, 0.05) is 28.9 Å². The first-order valence-corrected chi connectivity index (χ1v) is 6.92. The summed E-state index contributed by atoms with van der Waals surface area (Å²) < 4.78 is 18.4. The molecule has 0 spiro atoms. The van der Waals surface area contributed by atoms with E-state index in [4.69, 9.17) is 4.74 Å². The number of hydrogen-bond acceptors (Lipinski definition) is 3. The van der Waals surface area contributed by atoms with Gasteiger partial charge < -0.3 is 9.84 Å². The van der Waals surface area contributed by atoms with Gasteiger partial charge in [-0.2, -0.15) is 0 Å². The largest absolute Gasteiger partial charge is 0.496 e. The molecule has 1 unspecified atom stereocenters. The number of aliphatic hydroxyl groups excluding tert-OH is 1. The Labute approximate surface area is 124 Å². The Hall–Kier alpha value is -1.94. The minimum absolute atomic E-state index is 0.0110. The first-order chi connectivity index (χ1) is 10.1. The molecular formula is C17H20FNO2. The van der Waals surface area contributed by atoms with Gasteiger partial charge in [-0.15, -0.1) is 0 Å². The number of benzene rings is 1. The summed E-state index contributed by atoms with van der Waals surface area (Å²) in [5.41, 5.74) is 3.76. The van der Waals surface area contributed by atoms with Crippen molar-refractivity contribution in [3.05, 3.63) is 58.7 Å². The fourth-order valence-corrected chi connectivity index (χ4v) is 2.53. The van der Waals surface area contributed by atoms with E-state index in [9.17, 15) is 9.50 Å². The highest BCUT2D eigenvalue weighted by Gasteiger charge is 2.16. The molecule has 0 bridgehead atoms. The molecule has 1 aromatic heterocycles. The Morgan fingerprint density at radius 3 is 2.48 bits per heavy atom. The van der Waals surface area contributed by atoms with Crippen molar-refractivity contribution >= 4 is 0 Å². The molecule has 3 nitrogen and oxygen atoms in total. The van der Waals surface area contributed by atoms with Crippen LogP contribution in [0.25, 0.3) is 0 Å². The molecule has 1 aromatic carbocycles. The molecule has 0 fully saturated rings. The highest BCUT2D eigenvalue weighted by molar-refractivity contribution is 5.41. The molecule has 4 heteroatoms. The van der Waals surface area contributed by atoms with Crippen LogP contribution in [-0.2, 0) is 6.42 Å². The Morgan fingerprint density at radius 2 is 1.90 bits per heavy atom. The Bertz CT molecular complexity index is 611. The molecule has 0 saturated carbocycles. The Kier molecular flexibility index (Phi) is 4.91. The molecule has 1 N–H and O–H groups in total. The van der Waals surface area contributed by atoms with Crippen LogP contribution in [0.15, 0.2) is 30.5 Å². The van der Waals surface area contributed by atoms with Crippen LogP contribution in [0, 0.1) is 19.7 Å². The van der Waals surface area contributed by atoms with Gasteiger partial charge in [-0.05, 0) is 38.0 Å². The first-order valence-electron chi connectivity index (χ1n) is 6.92. The molecule has 21 heavy (non-hydrogen) atoms. The third-order valence-corrected chi connectivity index (χ3v) is 3.75. The van der Waals surface area contributed by atoms with Crippen molar-refractivity contribution in [2.24, 2.45) is 0 Å². The molecule has 0 aliphatic heterocycles. The topological polar surface area (TPSA) is 42.4 Å². The molecule has 0 amide bonds. The summed E-state index contributed by atoms with van der Waals surface area (Å²) in [6.45, 7) is 3.91. The lowest BCUT2D eigenvalue weighted by Crippen LogP contribution is -2.11. The van der Waals surface area contributed by atoms with E-state index in [0.717, 1.165) is 28.1 Å². The van der Waals surface area contributed by atoms with E-state index in [-0.39, 0.29) is 18.3 Å². The summed E-state index contributed by atoms with van der Waals surface area (Å²) in [7, 11) is 1.64. The van der Waals surface area contributed by atoms with Crippen molar-refractivity contribution < 1.29 is 14.2 Å². The number of rotatable bonds is 5. The van der Waals surface area contributed by atoms with Crippen molar-refractivity contribution in [2.45, 2.75) is 26.2 Å². The number of ether oxygens (including phenoxy) is 1. The second kappa shape index (κ2) is 6.68. The minimum atomic E-state index is -0.276. The standard InChI is InChI=1S/C17H20FNO2/c1-11-9-19-16(12(2)17(11)21-3)8-14(10-20)13-4-6-15(18)7-5-13/h4-7,9,14,20H,8,10H2,1-3H3. The van der Waals surface area contributed by atoms with Crippen LogP contribution in [0.2, 0.25) is 0 Å². The zero-order valence-corrected chi connectivity index (χ0v) is 12.6. The molecule has 0 aliphatic carbocycles. The predicted octanol–water partition coefficient (Wildman–Crippen LogP) is 3.16. The lowest BCUT2D eigenvalue weighted by Gasteiger charge is -2.17. The lowest BCUT2D eigenvalue weighted by atomic mass is 9.93. The summed E-state index contributed by atoms with van der Waals surface area (Å²) in [5.74, 6) is 0.446. The zero-order valence-electron chi connectivity index (χ0n) is 12.6. The highest BCUT2D eigenvalue weighted by atomic mass is 19.1. The van der Waals surface area contributed by atoms with Crippen molar-refractivity contribution in [1.82, 2.24) is 4.98 Å². The second-order valence-electron chi connectivity index (χ2n) is 5.18. The van der Waals surface area contributed by atoms with Crippen molar-refractivity contribution in [2.75, 3.05) is 13.7 Å². The molecule has 2 aromatic rings. The van der Waals surface area contributed by atoms with Crippen molar-refractivity contribution in [3.63, 3.8) is 0 Å². The number of aromatic nitrogens is 1. The van der Waals surface area contributed by atoms with Crippen molar-refractivity contribution in [3.8, 4) is 5.75 Å². The van der Waals surface area contributed by atoms with Crippen LogP contribution in [0.4, 0.5) is 4.39 Å². The van der Waals surface area contributed by atoms with Gasteiger partial charge in [-0.1, -0.05) is 12.1 Å². The summed E-state index contributed by atoms with van der Waals surface area (Å²) in [6, 6.07) is 6.23. The normalized spacial score (nSPS) is 12.2. The number of hydrogen-bond donors (Lipinski definition) is 1. The fourth-order valence-electron chi connectivity index (χ4n) is 2.53. The van der Waals surface area contributed by atoms with E-state index in [1.165, 1.54) is 12.1 Å². The monoisotopic (exact) mass is 289 g/mol. The summed E-state index contributed by atoms with van der Waals surface area (Å²) >= 11 is 0. The van der Waals surface area contributed by atoms with Gasteiger partial charge in [0.15, 0.2) is 0 Å². The van der Waals surface area contributed by atoms with Gasteiger partial charge >= 0.3 is 0 Å². The van der Waals surface area contributed by atoms with Gasteiger partial charge in [0.05, 0.1) is 13.7 Å². The molecule has 0 saturated heterocycles. The van der Waals surface area contributed by atoms with Gasteiger partial charge in [0.1, 0.15) is 11.6 Å². The molecule has 2 rings (SSSR count). The third-order valence-electron chi connectivity index (χ3n) is 3.75. The van der Waals surface area contributed by atoms with E-state index >= 15 is 0 Å². The molecule has 1 atom stereocenters. The summed E-state index contributed by atoms with van der Waals surface area (Å²) in [6.07, 6.45) is 2.37. The number of halogens is 1. The number of aliphatic hydroxyl groups is 1. The second-order valence-corrected chi connectivity index (χ2v) is 5.18. The van der Waals surface area contributed by atoms with E-state index in [2.05, 4.69) is 4.98 Å². The smallest absolute Gasteiger partial charge is 0.128 e. The summed E-state index contributed by atoms with van der Waals surface area (Å²) in [4.78, 5) is 4.45. The van der Waals surface area contributed by atoms with Gasteiger partial charge in [-0.25, -0.2) is 4.39 Å². The average molecular weight is 289 g/mol. The highest BCUT2D eigenvalue weighted by Crippen LogP contribution is 2.28. The van der Waals surface area contributed by atoms with Crippen LogP contribution < -0.4 is 4.74 Å². The van der Waals surface area contributed by atoms with Crippen LogP contribution in [0.3, 0.4) is 0 Å². The molecule has 1 heterocycles. The molecular weight excluding hydrogens is 269 g/mol. The maximum absolute atomic E-state index is 13.0. The van der Waals surface area contributed by atoms with Crippen LogP contribution in [-0.4, -0.2) is 23.8 Å². The Balaban J connectivity index is 2.29. The van der Waals surface area contributed by atoms with Crippen LogP contribution in [0.1, 0.15) is 28.3 Å². The van der Waals surface area contributed by atoms with E-state index in [1.54, 1.807) is 25.4 Å². The number of nitrogens with zero attached hydrogens (tertiary/aromatic N) is 1. The number of aryl methyl sites for hydroxylation is 1. The van der Waals surface area contributed by atoms with E-state index in [0.29, 0.717) is 6.42 Å². The van der Waals surface area contributed by atoms with E-state index < -0.39 is 0 Å². The fraction of sp³-hybridized carbons (Fsp3) is 0.353. The predicted molar refractivity (Wildman–Crippen MR) is 80.2 cm³/mol. The van der Waals surface area contributed by atoms with Crippen LogP contribution >= 0.6 is 0 Å². The van der Waals surface area contributed by atoms with Gasteiger partial charge in [0.2, 0.25) is 0 Å². The first kappa shape index (κ1) is 15.4. The maximum atomic E-state index is 13.0. The zero-order chi connectivity index (χ0) is 15.4. The van der Waals surface area contributed by atoms with Crippen molar-refractivity contribution in [1.29, 1.82) is 0 Å². The van der Waals surface area contributed by atoms with Gasteiger partial charge in [0.25, 0.3) is 0 Å². The molecule has 112 valence electrons. The van der Waals surface area contributed by atoms with E-state index in [1.807, 2.05) is 13.8 Å². The molecule has 0 radical (unpaired) electrons. The van der Waals surface area contributed by atoms with Gasteiger partial charge in [-0.3, -0.25) is 4.98 Å². The third kappa shape index (κ3) is 3.39. The maximum Gasteiger partial charge on any atom is 0.128 e. The summed E-state index contributed by atoms with van der Waals surface area (Å²) in [5, 5.41) is 9.63. The average Bonchev–Trinajstić information content (AvgIpc) is 2.48. The van der Waals surface area contributed by atoms with Crippen LogP contribution in [0.5, 0.6) is 5.75 Å². The SMILES string of the molecule is COc1c(C)cnc(CC(CO)c2ccc(F)cc2)c1C.